The van der Waals surface area contributed by atoms with Crippen LogP contribution < -0.4 is 5.84 Å². The van der Waals surface area contributed by atoms with Crippen LogP contribution in [-0.2, 0) is 15.0 Å². The molecule has 1 fully saturated rings. The number of quaternary nitrogens is 1. The van der Waals surface area contributed by atoms with Crippen LogP contribution in [0.25, 0.3) is 0 Å². The van der Waals surface area contributed by atoms with E-state index in [1.807, 2.05) is 0 Å². The molecule has 0 atom stereocenters. The summed E-state index contributed by atoms with van der Waals surface area (Å²) in [7, 11) is 3.29. The van der Waals surface area contributed by atoms with Crippen LogP contribution in [0.3, 0.4) is 0 Å². The largest absolute Gasteiger partial charge is 0.191 e. The van der Waals surface area contributed by atoms with Crippen LogP contribution in [0.15, 0.2) is 0 Å². The molecule has 1 aliphatic rings. The number of hydroxylamine groups is 2. The van der Waals surface area contributed by atoms with Crippen molar-refractivity contribution >= 4 is 0 Å². The summed E-state index contributed by atoms with van der Waals surface area (Å²) in [6.07, 6.45) is 0. The fourth-order valence-electron chi connectivity index (χ4n) is 0.232. The van der Waals surface area contributed by atoms with Gasteiger partial charge in [-0.05, 0) is 9.74 Å². The lowest BCUT2D eigenvalue weighted by Gasteiger charge is -2.15. The molecule has 0 aromatic rings. The second-order valence-electron chi connectivity index (χ2n) is 1.81. The Bertz CT molecular complexity index is 94.5. The zero-order valence-electron chi connectivity index (χ0n) is 4.70. The lowest BCUT2D eigenvalue weighted by atomic mass is 11.1. The van der Waals surface area contributed by atoms with E-state index in [2.05, 4.69) is 15.0 Å². The Morgan fingerprint density at radius 1 is 1.50 bits per heavy atom. The topological polar surface area (TPSA) is 57.0 Å². The molecule has 0 bridgehead atoms. The first-order valence-corrected chi connectivity index (χ1v) is 2.05. The lowest BCUT2D eigenvalue weighted by molar-refractivity contribution is -1.18. The lowest BCUT2D eigenvalue weighted by Crippen LogP contribution is -2.51. The molecule has 0 aromatic heterocycles. The first-order chi connectivity index (χ1) is 3.63. The average molecular weight is 122 g/mol. The minimum absolute atomic E-state index is 0.0972. The summed E-state index contributed by atoms with van der Waals surface area (Å²) in [5.41, 5.74) is 0. The smallest absolute Gasteiger partial charge is 0.125 e. The predicted octanol–water partition coefficient (Wildman–Crippen LogP) is -1.12. The SMILES string of the molecule is C[N+]1(C)OOON1N. The van der Waals surface area contributed by atoms with E-state index in [-0.39, 0.29) is 4.76 Å². The quantitative estimate of drug-likeness (QED) is 0.250. The van der Waals surface area contributed by atoms with E-state index < -0.39 is 0 Å². The molecule has 0 spiro atoms. The summed E-state index contributed by atoms with van der Waals surface area (Å²) in [5.74, 6) is 5.15. The maximum atomic E-state index is 5.15. The molecule has 1 rings (SSSR count). The molecule has 1 aliphatic heterocycles. The van der Waals surface area contributed by atoms with Gasteiger partial charge < -0.3 is 0 Å². The van der Waals surface area contributed by atoms with E-state index in [4.69, 9.17) is 5.84 Å². The molecule has 48 valence electrons. The van der Waals surface area contributed by atoms with E-state index in [9.17, 15) is 0 Å². The molecular formula is C2H8N3O3+. The molecule has 6 heteroatoms. The average Bonchev–Trinajstić information content (AvgIpc) is 1.86. The van der Waals surface area contributed by atoms with Crippen LogP contribution in [0.4, 0.5) is 0 Å². The Hall–Kier alpha value is -0.240. The monoisotopic (exact) mass is 122 g/mol. The van der Waals surface area contributed by atoms with Gasteiger partial charge in [0.05, 0.1) is 0 Å². The Morgan fingerprint density at radius 3 is 2.25 bits per heavy atom. The van der Waals surface area contributed by atoms with E-state index in [1.54, 1.807) is 14.1 Å². The zero-order valence-corrected chi connectivity index (χ0v) is 4.70. The van der Waals surface area contributed by atoms with Crippen LogP contribution in [0, 0.1) is 0 Å². The highest BCUT2D eigenvalue weighted by molar-refractivity contribution is 3.82. The molecule has 0 aliphatic carbocycles. The Morgan fingerprint density at radius 2 is 2.12 bits per heavy atom. The highest BCUT2D eigenvalue weighted by atomic mass is 17.6. The second kappa shape index (κ2) is 1.62. The van der Waals surface area contributed by atoms with Crippen LogP contribution in [-0.4, -0.2) is 24.1 Å². The third-order valence-corrected chi connectivity index (χ3v) is 0.794. The molecule has 0 aromatic carbocycles. The standard InChI is InChI=1S/C2H8N3O3/c1-5(2)4(3)6-8-7-5/h3H2,1-2H3/q+1. The van der Waals surface area contributed by atoms with Gasteiger partial charge in [0.2, 0.25) is 0 Å². The van der Waals surface area contributed by atoms with Gasteiger partial charge in [0.15, 0.2) is 0 Å². The van der Waals surface area contributed by atoms with Crippen molar-refractivity contribution in [3.63, 3.8) is 0 Å². The summed E-state index contributed by atoms with van der Waals surface area (Å²) in [6, 6.07) is 0. The second-order valence-corrected chi connectivity index (χ2v) is 1.81. The van der Waals surface area contributed by atoms with Gasteiger partial charge in [0.1, 0.15) is 19.4 Å². The summed E-state index contributed by atoms with van der Waals surface area (Å²) >= 11 is 0. The third-order valence-electron chi connectivity index (χ3n) is 0.794. The highest BCUT2D eigenvalue weighted by Crippen LogP contribution is 2.10. The van der Waals surface area contributed by atoms with Gasteiger partial charge in [-0.2, -0.15) is 5.84 Å². The predicted molar refractivity (Wildman–Crippen MR) is 21.4 cm³/mol. The zero-order chi connectivity index (χ0) is 6.20. The van der Waals surface area contributed by atoms with Crippen LogP contribution in [0.1, 0.15) is 0 Å². The molecule has 8 heavy (non-hydrogen) atoms. The van der Waals surface area contributed by atoms with Gasteiger partial charge in [-0.25, -0.2) is 0 Å². The highest BCUT2D eigenvalue weighted by Gasteiger charge is 2.36. The van der Waals surface area contributed by atoms with Crippen molar-refractivity contribution in [2.45, 2.75) is 0 Å². The van der Waals surface area contributed by atoms with E-state index in [0.29, 0.717) is 0 Å². The van der Waals surface area contributed by atoms with Crippen molar-refractivity contribution in [1.29, 1.82) is 0 Å². The van der Waals surface area contributed by atoms with E-state index >= 15 is 0 Å². The molecule has 1 saturated heterocycles. The fourth-order valence-corrected chi connectivity index (χ4v) is 0.232. The maximum Gasteiger partial charge on any atom is 0.125 e. The van der Waals surface area contributed by atoms with Crippen molar-refractivity contribution in [2.75, 3.05) is 14.1 Å². The van der Waals surface area contributed by atoms with Crippen molar-refractivity contribution in [3.8, 4) is 0 Å². The minimum atomic E-state index is -0.0972. The molecule has 6 nitrogen and oxygen atoms in total. The minimum Gasteiger partial charge on any atom is -0.191 e. The molecule has 1 heterocycles. The third kappa shape index (κ3) is 0.802. The molecule has 0 radical (unpaired) electrons. The Kier molecular flexibility index (Phi) is 1.19. The van der Waals surface area contributed by atoms with Gasteiger partial charge in [-0.3, -0.25) is 0 Å². The van der Waals surface area contributed by atoms with Crippen LogP contribution in [0.5, 0.6) is 0 Å². The summed E-state index contributed by atoms with van der Waals surface area (Å²) in [5, 5.41) is 4.96. The summed E-state index contributed by atoms with van der Waals surface area (Å²) in [4.78, 5) is 8.70. The number of hydrogen-bond acceptors (Lipinski definition) is 5. The van der Waals surface area contributed by atoms with E-state index in [0.717, 1.165) is 5.28 Å². The first kappa shape index (κ1) is 5.89. The van der Waals surface area contributed by atoms with Crippen molar-refractivity contribution < 1.29 is 19.8 Å². The number of hydrazine groups is 1. The van der Waals surface area contributed by atoms with Crippen molar-refractivity contribution in [2.24, 2.45) is 5.84 Å². The Balaban J connectivity index is 2.54. The van der Waals surface area contributed by atoms with Gasteiger partial charge in [0, 0.05) is 10.0 Å². The number of nitrogens with zero attached hydrogens (tertiary/aromatic N) is 2. The van der Waals surface area contributed by atoms with Gasteiger partial charge in [-0.1, -0.05) is 0 Å². The molecule has 2 N–H and O–H groups in total. The summed E-state index contributed by atoms with van der Waals surface area (Å²) in [6.45, 7) is 0. The summed E-state index contributed by atoms with van der Waals surface area (Å²) < 4.78 is -0.0972. The van der Waals surface area contributed by atoms with Gasteiger partial charge >= 0.3 is 0 Å². The maximum absolute atomic E-state index is 5.15. The molecule has 0 saturated carbocycles. The number of rotatable bonds is 0. The van der Waals surface area contributed by atoms with Crippen LogP contribution in [0.2, 0.25) is 0 Å². The van der Waals surface area contributed by atoms with Crippen molar-refractivity contribution in [3.05, 3.63) is 0 Å². The molecule has 0 unspecified atom stereocenters. The number of nitrogens with two attached hydrogens (primary N) is 1. The van der Waals surface area contributed by atoms with Crippen molar-refractivity contribution in [1.82, 2.24) is 5.28 Å². The number of hydrogen-bond donors (Lipinski definition) is 1. The fraction of sp³-hybridized carbons (Fsp3) is 1.00. The normalized spacial score (nSPS) is 28.9. The van der Waals surface area contributed by atoms with Gasteiger partial charge in [-0.15, -0.1) is 0 Å². The van der Waals surface area contributed by atoms with Gasteiger partial charge in [0.25, 0.3) is 0 Å². The van der Waals surface area contributed by atoms with E-state index in [1.165, 1.54) is 0 Å². The molecular weight excluding hydrogens is 114 g/mol. The first-order valence-electron chi connectivity index (χ1n) is 2.05. The van der Waals surface area contributed by atoms with Crippen LogP contribution >= 0.6 is 0 Å². The Labute approximate surface area is 46.2 Å². The molecule has 0 amide bonds.